The summed E-state index contributed by atoms with van der Waals surface area (Å²) in [5, 5.41) is 13.3. The van der Waals surface area contributed by atoms with E-state index < -0.39 is 26.6 Å². The predicted molar refractivity (Wildman–Crippen MR) is 164 cm³/mol. The van der Waals surface area contributed by atoms with Crippen molar-refractivity contribution in [1.29, 1.82) is 0 Å². The third-order valence-corrected chi connectivity index (χ3v) is 6.68. The summed E-state index contributed by atoms with van der Waals surface area (Å²) in [6, 6.07) is -0.904. The van der Waals surface area contributed by atoms with E-state index in [1.54, 1.807) is 6.08 Å². The molecule has 0 aromatic heterocycles. The number of hydrogen-bond donors (Lipinski definition) is 2. The number of hydrogen-bond acceptors (Lipinski definition) is 6. The second-order valence-corrected chi connectivity index (χ2v) is 12.1. The topological polar surface area (TPSA) is 108 Å². The second-order valence-electron chi connectivity index (χ2n) is 10.7. The number of allylic oxidation sites excluding steroid dienone is 9. The molecular weight excluding hydrogens is 527 g/mol. The van der Waals surface area contributed by atoms with E-state index in [-0.39, 0.29) is 18.9 Å². The average molecular weight is 583 g/mol. The first-order valence-electron chi connectivity index (χ1n) is 14.7. The number of phosphoric ester groups is 1. The van der Waals surface area contributed by atoms with Gasteiger partial charge in [-0.3, -0.25) is 9.36 Å². The quantitative estimate of drug-likeness (QED) is 0.0648. The van der Waals surface area contributed by atoms with Crippen molar-refractivity contribution in [2.24, 2.45) is 0 Å². The molecule has 0 aliphatic heterocycles. The zero-order valence-corrected chi connectivity index (χ0v) is 26.4. The largest absolute Gasteiger partial charge is 0.756 e. The summed E-state index contributed by atoms with van der Waals surface area (Å²) < 4.78 is 22.7. The third kappa shape index (κ3) is 25.2. The molecule has 40 heavy (non-hydrogen) atoms. The molecule has 0 bridgehead atoms. The van der Waals surface area contributed by atoms with Gasteiger partial charge in [-0.1, -0.05) is 81.0 Å². The Balaban J connectivity index is 4.46. The number of unbranched alkanes of at least 4 members (excludes halogenated alkanes) is 3. The number of amides is 1. The van der Waals surface area contributed by atoms with Crippen LogP contribution in [0.15, 0.2) is 60.8 Å². The van der Waals surface area contributed by atoms with E-state index in [1.807, 2.05) is 34.1 Å². The maximum Gasteiger partial charge on any atom is 0.268 e. The molecule has 3 unspecified atom stereocenters. The lowest BCUT2D eigenvalue weighted by Crippen LogP contribution is -2.45. The Hall–Kier alpha value is -1.80. The van der Waals surface area contributed by atoms with Gasteiger partial charge in [0.1, 0.15) is 13.2 Å². The Morgan fingerprint density at radius 2 is 1.50 bits per heavy atom. The fraction of sp³-hybridized carbons (Fsp3) is 0.645. The molecule has 0 saturated carbocycles. The first kappa shape index (κ1) is 38.2. The third-order valence-electron chi connectivity index (χ3n) is 5.71. The zero-order valence-electron chi connectivity index (χ0n) is 25.5. The number of phosphoric acid groups is 1. The fourth-order valence-electron chi connectivity index (χ4n) is 3.32. The summed E-state index contributed by atoms with van der Waals surface area (Å²) in [5.74, 6) is -0.256. The number of quaternary nitrogens is 1. The number of carbonyl (C=O) groups excluding carboxylic acids is 1. The molecule has 0 aliphatic carbocycles. The highest BCUT2D eigenvalue weighted by Gasteiger charge is 2.23. The van der Waals surface area contributed by atoms with Crippen molar-refractivity contribution >= 4 is 13.7 Å². The standard InChI is InChI=1S/C31H55N2O6P/c1-6-8-10-11-12-13-14-15-16-17-18-19-20-21-23-25-31(35)32-29(30(34)24-22-9-7-2)28-39-40(36,37)38-27-26-33(3,4)5/h8,10,12-13,15-16,18-19,22,24,29-30,34H,6-7,9,11,14,17,20-21,23,25-28H2,1-5H3,(H-,32,35,36,37)/b10-8-,13-12-,16-15-,19-18-,24-22+. The highest BCUT2D eigenvalue weighted by atomic mass is 31.2. The van der Waals surface area contributed by atoms with Gasteiger partial charge in [-0.05, 0) is 51.4 Å². The average Bonchev–Trinajstić information content (AvgIpc) is 2.88. The first-order valence-corrected chi connectivity index (χ1v) is 16.1. The van der Waals surface area contributed by atoms with E-state index >= 15 is 0 Å². The Morgan fingerprint density at radius 3 is 2.08 bits per heavy atom. The van der Waals surface area contributed by atoms with Crippen molar-refractivity contribution in [2.75, 3.05) is 40.9 Å². The molecule has 0 heterocycles. The van der Waals surface area contributed by atoms with Crippen molar-refractivity contribution in [3.05, 3.63) is 60.8 Å². The van der Waals surface area contributed by atoms with Gasteiger partial charge in [0, 0.05) is 6.42 Å². The monoisotopic (exact) mass is 582 g/mol. The molecular formula is C31H55N2O6P. The molecule has 0 radical (unpaired) electrons. The number of carbonyl (C=O) groups is 1. The van der Waals surface area contributed by atoms with Gasteiger partial charge in [0.2, 0.25) is 5.91 Å². The van der Waals surface area contributed by atoms with Crippen molar-refractivity contribution in [3.8, 4) is 0 Å². The van der Waals surface area contributed by atoms with E-state index in [0.29, 0.717) is 17.4 Å². The fourth-order valence-corrected chi connectivity index (χ4v) is 4.04. The number of aliphatic hydroxyl groups excluding tert-OH is 1. The van der Waals surface area contributed by atoms with Crippen LogP contribution in [0.2, 0.25) is 0 Å². The lowest BCUT2D eigenvalue weighted by molar-refractivity contribution is -0.870. The molecule has 1 amide bonds. The molecule has 2 N–H and O–H groups in total. The number of nitrogens with zero attached hydrogens (tertiary/aromatic N) is 1. The van der Waals surface area contributed by atoms with Gasteiger partial charge >= 0.3 is 0 Å². The number of likely N-dealkylation sites (N-methyl/N-ethyl adjacent to an activating group) is 1. The minimum atomic E-state index is -4.57. The minimum absolute atomic E-state index is 0.0143. The van der Waals surface area contributed by atoms with Crippen LogP contribution >= 0.6 is 7.82 Å². The summed E-state index contributed by atoms with van der Waals surface area (Å²) in [4.78, 5) is 24.7. The lowest BCUT2D eigenvalue weighted by atomic mass is 10.1. The van der Waals surface area contributed by atoms with Gasteiger partial charge in [-0.15, -0.1) is 0 Å². The lowest BCUT2D eigenvalue weighted by Gasteiger charge is -2.29. The van der Waals surface area contributed by atoms with E-state index in [9.17, 15) is 19.4 Å². The summed E-state index contributed by atoms with van der Waals surface area (Å²) in [7, 11) is 1.21. The summed E-state index contributed by atoms with van der Waals surface area (Å²) in [6.45, 7) is 4.21. The van der Waals surface area contributed by atoms with Gasteiger partial charge < -0.3 is 28.8 Å². The van der Waals surface area contributed by atoms with E-state index in [1.165, 1.54) is 0 Å². The van der Waals surface area contributed by atoms with E-state index in [4.69, 9.17) is 9.05 Å². The molecule has 0 aliphatic rings. The van der Waals surface area contributed by atoms with Gasteiger partial charge in [0.05, 0.1) is 39.9 Å². The Bertz CT molecular complexity index is 845. The van der Waals surface area contributed by atoms with Crippen LogP contribution in [0.3, 0.4) is 0 Å². The highest BCUT2D eigenvalue weighted by molar-refractivity contribution is 7.45. The number of nitrogens with one attached hydrogen (secondary N) is 1. The Labute approximate surface area is 243 Å². The van der Waals surface area contributed by atoms with Crippen LogP contribution in [0, 0.1) is 0 Å². The van der Waals surface area contributed by atoms with Crippen molar-refractivity contribution in [3.63, 3.8) is 0 Å². The Kier molecular flexibility index (Phi) is 22.8. The molecule has 0 rings (SSSR count). The highest BCUT2D eigenvalue weighted by Crippen LogP contribution is 2.38. The molecule has 9 heteroatoms. The first-order chi connectivity index (χ1) is 19.0. The van der Waals surface area contributed by atoms with Crippen molar-refractivity contribution in [2.45, 2.75) is 90.2 Å². The number of rotatable bonds is 24. The summed E-state index contributed by atoms with van der Waals surface area (Å²) in [6.07, 6.45) is 27.8. The zero-order chi connectivity index (χ0) is 30.1. The summed E-state index contributed by atoms with van der Waals surface area (Å²) in [5.41, 5.74) is 0. The molecule has 0 saturated heterocycles. The van der Waals surface area contributed by atoms with Crippen LogP contribution in [0.1, 0.15) is 78.1 Å². The SMILES string of the molecule is CC/C=C\C/C=C\C/C=C\C/C=C\CCCCC(=O)NC(COP(=O)([O-])OCC[N+](C)(C)C)C(O)/C=C/CCC. The van der Waals surface area contributed by atoms with E-state index in [2.05, 4.69) is 60.8 Å². The van der Waals surface area contributed by atoms with Crippen LogP contribution in [0.25, 0.3) is 0 Å². The molecule has 0 fully saturated rings. The van der Waals surface area contributed by atoms with Crippen molar-refractivity contribution in [1.82, 2.24) is 5.32 Å². The molecule has 0 aromatic rings. The smallest absolute Gasteiger partial charge is 0.268 e. The van der Waals surface area contributed by atoms with Crippen LogP contribution in [0.4, 0.5) is 0 Å². The predicted octanol–water partition coefficient (Wildman–Crippen LogP) is 5.76. The van der Waals surface area contributed by atoms with Crippen LogP contribution in [-0.4, -0.2) is 68.5 Å². The molecule has 0 aromatic carbocycles. The Morgan fingerprint density at radius 1 is 0.900 bits per heavy atom. The second kappa shape index (κ2) is 23.9. The molecule has 8 nitrogen and oxygen atoms in total. The normalized spacial score (nSPS) is 16.1. The number of aliphatic hydroxyl groups is 1. The molecule has 0 spiro atoms. The van der Waals surface area contributed by atoms with Crippen LogP contribution < -0.4 is 10.2 Å². The van der Waals surface area contributed by atoms with Gasteiger partial charge in [0.25, 0.3) is 7.82 Å². The van der Waals surface area contributed by atoms with Crippen LogP contribution in [0.5, 0.6) is 0 Å². The molecule has 3 atom stereocenters. The summed E-state index contributed by atoms with van der Waals surface area (Å²) >= 11 is 0. The maximum atomic E-state index is 12.5. The van der Waals surface area contributed by atoms with Gasteiger partial charge in [-0.25, -0.2) is 0 Å². The van der Waals surface area contributed by atoms with Gasteiger partial charge in [0.15, 0.2) is 0 Å². The maximum absolute atomic E-state index is 12.5. The minimum Gasteiger partial charge on any atom is -0.756 e. The van der Waals surface area contributed by atoms with Gasteiger partial charge in [-0.2, -0.15) is 0 Å². The van der Waals surface area contributed by atoms with Crippen molar-refractivity contribution < 1.29 is 32.9 Å². The molecule has 230 valence electrons. The van der Waals surface area contributed by atoms with Crippen LogP contribution in [-0.2, 0) is 18.4 Å². The van der Waals surface area contributed by atoms with E-state index in [0.717, 1.165) is 51.4 Å².